The molecule has 1 aromatic carbocycles. The Balaban J connectivity index is 1.62. The van der Waals surface area contributed by atoms with E-state index in [0.717, 1.165) is 22.0 Å². The van der Waals surface area contributed by atoms with E-state index >= 15 is 0 Å². The van der Waals surface area contributed by atoms with E-state index in [-0.39, 0.29) is 5.91 Å². The highest BCUT2D eigenvalue weighted by molar-refractivity contribution is 7.09. The fourth-order valence-electron chi connectivity index (χ4n) is 3.78. The Morgan fingerprint density at radius 2 is 2.18 bits per heavy atom. The summed E-state index contributed by atoms with van der Waals surface area (Å²) >= 11 is 1.27. The summed E-state index contributed by atoms with van der Waals surface area (Å²) in [6.45, 7) is 3.52. The second-order valence-electron chi connectivity index (χ2n) is 6.79. The summed E-state index contributed by atoms with van der Waals surface area (Å²) < 4.78 is 9.75. The lowest BCUT2D eigenvalue weighted by Gasteiger charge is -2.48. The highest BCUT2D eigenvalue weighted by Crippen LogP contribution is 2.40. The maximum atomic E-state index is 12.8. The molecule has 1 N–H and O–H groups in total. The predicted octanol–water partition coefficient (Wildman–Crippen LogP) is 2.60. The number of benzene rings is 1. The number of rotatable bonds is 3. The molecule has 28 heavy (non-hydrogen) atoms. The number of carbonyl (C=O) groups excluding carboxylic acids is 1. The molecule has 2 aromatic heterocycles. The number of fused-ring (bicyclic) bond motifs is 3. The number of hydrogen-bond donors (Lipinski definition) is 1. The number of morpholine rings is 1. The van der Waals surface area contributed by atoms with Gasteiger partial charge in [-0.15, -0.1) is 5.10 Å². The molecule has 2 aliphatic rings. The molecule has 8 nitrogen and oxygen atoms in total. The van der Waals surface area contributed by atoms with Crippen LogP contribution in [-0.2, 0) is 9.53 Å². The van der Waals surface area contributed by atoms with E-state index in [4.69, 9.17) is 9.72 Å². The molecule has 0 spiro atoms. The van der Waals surface area contributed by atoms with Crippen molar-refractivity contribution < 1.29 is 9.53 Å². The number of carbonyl (C=O) groups is 1. The maximum Gasteiger partial charge on any atom is 0.252 e. The lowest BCUT2D eigenvalue weighted by Crippen LogP contribution is -2.66. The van der Waals surface area contributed by atoms with Crippen LogP contribution in [0, 0.1) is 0 Å². The molecule has 4 heterocycles. The van der Waals surface area contributed by atoms with Gasteiger partial charge in [0.1, 0.15) is 21.8 Å². The van der Waals surface area contributed by atoms with Crippen LogP contribution in [0.3, 0.4) is 0 Å². The second kappa shape index (κ2) is 6.61. The van der Waals surface area contributed by atoms with E-state index in [0.29, 0.717) is 37.7 Å². The predicted molar refractivity (Wildman–Crippen MR) is 106 cm³/mol. The Bertz CT molecular complexity index is 1040. The fraction of sp³-hybridized carbons (Fsp3) is 0.316. The largest absolute Gasteiger partial charge is 0.377 e. The highest BCUT2D eigenvalue weighted by Gasteiger charge is 2.49. The normalized spacial score (nSPS) is 21.0. The van der Waals surface area contributed by atoms with Crippen LogP contribution in [0.4, 0.5) is 11.5 Å². The van der Waals surface area contributed by atoms with Gasteiger partial charge in [-0.25, -0.2) is 9.97 Å². The summed E-state index contributed by atoms with van der Waals surface area (Å²) in [7, 11) is 0. The molecule has 0 radical (unpaired) electrons. The molecule has 1 saturated heterocycles. The monoisotopic (exact) mass is 394 g/mol. The van der Waals surface area contributed by atoms with Crippen molar-refractivity contribution >= 4 is 28.9 Å². The van der Waals surface area contributed by atoms with Crippen LogP contribution in [0.2, 0.25) is 0 Å². The molecular weight excluding hydrogens is 376 g/mol. The Labute approximate surface area is 165 Å². The third-order valence-electron chi connectivity index (χ3n) is 5.34. The molecule has 142 valence electrons. The Hall–Kier alpha value is -2.91. The van der Waals surface area contributed by atoms with Crippen LogP contribution in [0.1, 0.15) is 13.3 Å². The van der Waals surface area contributed by atoms with Crippen molar-refractivity contribution in [3.63, 3.8) is 0 Å². The third kappa shape index (κ3) is 2.50. The van der Waals surface area contributed by atoms with Gasteiger partial charge in [0.15, 0.2) is 11.6 Å². The minimum atomic E-state index is -0.731. The number of anilines is 2. The molecule has 0 aliphatic carbocycles. The van der Waals surface area contributed by atoms with Crippen molar-refractivity contribution in [2.45, 2.75) is 18.9 Å². The Morgan fingerprint density at radius 1 is 1.32 bits per heavy atom. The molecular formula is C19H18N6O2S. The first kappa shape index (κ1) is 17.2. The van der Waals surface area contributed by atoms with Gasteiger partial charge in [0.2, 0.25) is 0 Å². The molecule has 5 rings (SSSR count). The first-order chi connectivity index (χ1) is 13.7. The standard InChI is InChI=1S/C19H18N6O2S/c1-2-19-11-27-9-8-25(19)17-13(21-18(19)26)10-20-16(22-17)15-14(23-24-28-15)12-6-4-3-5-7-12/h3-7,10H,2,8-9,11H2,1H3,(H,21,26). The van der Waals surface area contributed by atoms with Gasteiger partial charge < -0.3 is 15.0 Å². The van der Waals surface area contributed by atoms with Crippen molar-refractivity contribution in [2.24, 2.45) is 0 Å². The van der Waals surface area contributed by atoms with E-state index in [1.807, 2.05) is 37.3 Å². The molecule has 3 aromatic rings. The Kier molecular flexibility index (Phi) is 4.06. The van der Waals surface area contributed by atoms with Gasteiger partial charge in [-0.1, -0.05) is 41.7 Å². The van der Waals surface area contributed by atoms with E-state index in [2.05, 4.69) is 24.8 Å². The molecule has 0 bridgehead atoms. The van der Waals surface area contributed by atoms with Crippen molar-refractivity contribution in [2.75, 3.05) is 30.0 Å². The minimum absolute atomic E-state index is 0.0667. The third-order valence-corrected chi connectivity index (χ3v) is 6.06. The van der Waals surface area contributed by atoms with Gasteiger partial charge in [0, 0.05) is 12.1 Å². The summed E-state index contributed by atoms with van der Waals surface area (Å²) in [5, 5.41) is 7.24. The van der Waals surface area contributed by atoms with Crippen molar-refractivity contribution in [1.82, 2.24) is 19.6 Å². The highest BCUT2D eigenvalue weighted by atomic mass is 32.1. The number of nitrogens with zero attached hydrogens (tertiary/aromatic N) is 5. The Morgan fingerprint density at radius 3 is 3.00 bits per heavy atom. The minimum Gasteiger partial charge on any atom is -0.377 e. The summed E-state index contributed by atoms with van der Waals surface area (Å²) in [6, 6.07) is 9.87. The first-order valence-electron chi connectivity index (χ1n) is 9.15. The van der Waals surface area contributed by atoms with Gasteiger partial charge >= 0.3 is 0 Å². The van der Waals surface area contributed by atoms with Crippen LogP contribution in [-0.4, -0.2) is 50.8 Å². The molecule has 9 heteroatoms. The average molecular weight is 394 g/mol. The van der Waals surface area contributed by atoms with Gasteiger partial charge in [0.05, 0.1) is 19.4 Å². The van der Waals surface area contributed by atoms with Gasteiger partial charge in [-0.05, 0) is 18.0 Å². The van der Waals surface area contributed by atoms with Crippen LogP contribution in [0.15, 0.2) is 36.5 Å². The van der Waals surface area contributed by atoms with Crippen molar-refractivity contribution in [1.29, 1.82) is 0 Å². The number of aromatic nitrogens is 4. The van der Waals surface area contributed by atoms with Crippen molar-refractivity contribution in [3.8, 4) is 22.0 Å². The van der Waals surface area contributed by atoms with Gasteiger partial charge in [-0.2, -0.15) is 0 Å². The number of ether oxygens (including phenoxy) is 1. The number of hydrogen-bond acceptors (Lipinski definition) is 8. The van der Waals surface area contributed by atoms with Crippen LogP contribution < -0.4 is 10.2 Å². The number of nitrogens with one attached hydrogen (secondary N) is 1. The molecule has 1 amide bonds. The van der Waals surface area contributed by atoms with Gasteiger partial charge in [0.25, 0.3) is 5.91 Å². The molecule has 1 unspecified atom stereocenters. The van der Waals surface area contributed by atoms with E-state index in [9.17, 15) is 4.79 Å². The lowest BCUT2D eigenvalue weighted by atomic mass is 9.90. The average Bonchev–Trinajstić information content (AvgIpc) is 3.24. The zero-order chi connectivity index (χ0) is 19.1. The van der Waals surface area contributed by atoms with Crippen LogP contribution >= 0.6 is 11.5 Å². The van der Waals surface area contributed by atoms with Crippen molar-refractivity contribution in [3.05, 3.63) is 36.5 Å². The van der Waals surface area contributed by atoms with Gasteiger partial charge in [-0.3, -0.25) is 4.79 Å². The van der Waals surface area contributed by atoms with E-state index in [1.165, 1.54) is 11.5 Å². The van der Waals surface area contributed by atoms with Crippen LogP contribution in [0.5, 0.6) is 0 Å². The summed E-state index contributed by atoms with van der Waals surface area (Å²) in [5.41, 5.74) is 1.62. The lowest BCUT2D eigenvalue weighted by molar-refractivity contribution is -0.125. The van der Waals surface area contributed by atoms with E-state index < -0.39 is 5.54 Å². The number of amides is 1. The van der Waals surface area contributed by atoms with Crippen LogP contribution in [0.25, 0.3) is 22.0 Å². The second-order valence-corrected chi connectivity index (χ2v) is 7.55. The fourth-order valence-corrected chi connectivity index (χ4v) is 4.41. The summed E-state index contributed by atoms with van der Waals surface area (Å²) in [4.78, 5) is 25.0. The summed E-state index contributed by atoms with van der Waals surface area (Å²) in [5.74, 6) is 1.21. The zero-order valence-corrected chi connectivity index (χ0v) is 16.1. The molecule has 1 atom stereocenters. The smallest absolute Gasteiger partial charge is 0.252 e. The SMILES string of the molecule is CCC12COCCN1c1nc(-c3snnc3-c3ccccc3)ncc1NC2=O. The molecule has 0 saturated carbocycles. The van der Waals surface area contributed by atoms with E-state index in [1.54, 1.807) is 6.20 Å². The topological polar surface area (TPSA) is 93.1 Å². The quantitative estimate of drug-likeness (QED) is 0.730. The zero-order valence-electron chi connectivity index (χ0n) is 15.3. The maximum absolute atomic E-state index is 12.8. The first-order valence-corrected chi connectivity index (χ1v) is 9.92. The molecule has 2 aliphatic heterocycles. The molecule has 1 fully saturated rings. The summed E-state index contributed by atoms with van der Waals surface area (Å²) in [6.07, 6.45) is 2.30.